The molecule has 34 heavy (non-hydrogen) atoms. The average Bonchev–Trinajstić information content (AvgIpc) is 2.83. The van der Waals surface area contributed by atoms with Crippen LogP contribution in [0.25, 0.3) is 0 Å². The first-order valence-electron chi connectivity index (χ1n) is 11.8. The third-order valence-corrected chi connectivity index (χ3v) is 7.18. The lowest BCUT2D eigenvalue weighted by molar-refractivity contribution is -0.137. The maximum absolute atomic E-state index is 13.0. The van der Waals surface area contributed by atoms with Gasteiger partial charge in [0.2, 0.25) is 0 Å². The largest absolute Gasteiger partial charge is 0.489 e. The minimum Gasteiger partial charge on any atom is -0.489 e. The summed E-state index contributed by atoms with van der Waals surface area (Å²) in [6.07, 6.45) is 0.473. The molecule has 4 rings (SSSR count). The van der Waals surface area contributed by atoms with Crippen LogP contribution in [0.1, 0.15) is 57.9 Å². The standard InChI is InChI=1S/C27H31F3N2O2/c1-4-16-34-25-13-12-23(18(2)19(25)3)24-7-5-6-22-17-31(14-15-32(22)24)26(33)20-8-10-21(11-9-20)27(28,29)30/h4,8-13,22,24H,1,5-7,14-17H2,2-3H3/t22-,24+/m0/s1. The Kier molecular flexibility index (Phi) is 7.03. The lowest BCUT2D eigenvalue weighted by Crippen LogP contribution is -2.57. The quantitative estimate of drug-likeness (QED) is 0.505. The highest BCUT2D eigenvalue weighted by atomic mass is 19.4. The Hall–Kier alpha value is -2.80. The van der Waals surface area contributed by atoms with Gasteiger partial charge in [-0.3, -0.25) is 9.69 Å². The number of piperidine rings is 1. The number of fused-ring (bicyclic) bond motifs is 1. The van der Waals surface area contributed by atoms with E-state index in [9.17, 15) is 18.0 Å². The first-order chi connectivity index (χ1) is 16.2. The van der Waals surface area contributed by atoms with Crippen LogP contribution in [0.2, 0.25) is 0 Å². The molecule has 2 heterocycles. The first-order valence-corrected chi connectivity index (χ1v) is 11.8. The fourth-order valence-electron chi connectivity index (χ4n) is 5.24. The van der Waals surface area contributed by atoms with Gasteiger partial charge in [0, 0.05) is 37.3 Å². The number of ether oxygens (including phenoxy) is 1. The van der Waals surface area contributed by atoms with Gasteiger partial charge in [-0.25, -0.2) is 0 Å². The van der Waals surface area contributed by atoms with E-state index in [1.807, 2.05) is 6.07 Å². The van der Waals surface area contributed by atoms with Crippen LogP contribution in [0.5, 0.6) is 5.75 Å². The van der Waals surface area contributed by atoms with Crippen molar-refractivity contribution in [3.05, 3.63) is 76.9 Å². The summed E-state index contributed by atoms with van der Waals surface area (Å²) >= 11 is 0. The number of alkyl halides is 3. The van der Waals surface area contributed by atoms with Crippen molar-refractivity contribution < 1.29 is 22.7 Å². The number of hydrogen-bond acceptors (Lipinski definition) is 3. The lowest BCUT2D eigenvalue weighted by atomic mass is 9.86. The molecule has 2 aliphatic rings. The number of hydrogen-bond donors (Lipinski definition) is 0. The third-order valence-electron chi connectivity index (χ3n) is 7.18. The molecule has 0 radical (unpaired) electrons. The van der Waals surface area contributed by atoms with Crippen molar-refractivity contribution in [3.8, 4) is 5.75 Å². The van der Waals surface area contributed by atoms with Crippen molar-refractivity contribution in [2.45, 2.75) is 51.4 Å². The van der Waals surface area contributed by atoms with Gasteiger partial charge < -0.3 is 9.64 Å². The van der Waals surface area contributed by atoms with E-state index in [2.05, 4.69) is 31.4 Å². The van der Waals surface area contributed by atoms with Gasteiger partial charge in [-0.05, 0) is 80.1 Å². The molecule has 0 saturated carbocycles. The van der Waals surface area contributed by atoms with Gasteiger partial charge in [-0.2, -0.15) is 13.2 Å². The van der Waals surface area contributed by atoms with E-state index in [1.54, 1.807) is 11.0 Å². The third kappa shape index (κ3) is 4.85. The Morgan fingerprint density at radius 2 is 1.82 bits per heavy atom. The van der Waals surface area contributed by atoms with Crippen LogP contribution in [0.15, 0.2) is 49.1 Å². The number of benzene rings is 2. The van der Waals surface area contributed by atoms with Crippen molar-refractivity contribution in [1.82, 2.24) is 9.80 Å². The van der Waals surface area contributed by atoms with Crippen molar-refractivity contribution in [2.24, 2.45) is 0 Å². The lowest BCUT2D eigenvalue weighted by Gasteiger charge is -2.48. The summed E-state index contributed by atoms with van der Waals surface area (Å²) in [7, 11) is 0. The monoisotopic (exact) mass is 472 g/mol. The van der Waals surface area contributed by atoms with Crippen LogP contribution in [-0.2, 0) is 6.18 Å². The zero-order chi connectivity index (χ0) is 24.5. The summed E-state index contributed by atoms with van der Waals surface area (Å²) in [4.78, 5) is 17.3. The van der Waals surface area contributed by atoms with Crippen molar-refractivity contribution in [1.29, 1.82) is 0 Å². The summed E-state index contributed by atoms with van der Waals surface area (Å²) in [6, 6.07) is 9.24. The van der Waals surface area contributed by atoms with Gasteiger partial charge in [0.05, 0.1) is 5.56 Å². The fourth-order valence-corrected chi connectivity index (χ4v) is 5.24. The van der Waals surface area contributed by atoms with Crippen LogP contribution < -0.4 is 4.74 Å². The predicted octanol–water partition coefficient (Wildman–Crippen LogP) is 5.94. The predicted molar refractivity (Wildman–Crippen MR) is 126 cm³/mol. The van der Waals surface area contributed by atoms with Crippen LogP contribution in [0.3, 0.4) is 0 Å². The SMILES string of the molecule is C=CCOc1ccc([C@H]2CCC[C@H]3CN(C(=O)c4ccc(C(F)(F)F)cc4)CCN32)c(C)c1C. The van der Waals surface area contributed by atoms with E-state index in [0.29, 0.717) is 25.3 Å². The Labute approximate surface area is 199 Å². The van der Waals surface area contributed by atoms with Crippen molar-refractivity contribution >= 4 is 5.91 Å². The van der Waals surface area contributed by atoms with Gasteiger partial charge in [-0.1, -0.05) is 18.7 Å². The molecule has 2 atom stereocenters. The fraction of sp³-hybridized carbons (Fsp3) is 0.444. The second-order valence-corrected chi connectivity index (χ2v) is 9.17. The van der Waals surface area contributed by atoms with E-state index >= 15 is 0 Å². The van der Waals surface area contributed by atoms with Crippen LogP contribution >= 0.6 is 0 Å². The zero-order valence-corrected chi connectivity index (χ0v) is 19.7. The zero-order valence-electron chi connectivity index (χ0n) is 19.7. The molecule has 0 spiro atoms. The summed E-state index contributed by atoms with van der Waals surface area (Å²) in [5, 5.41) is 0. The number of rotatable bonds is 5. The highest BCUT2D eigenvalue weighted by molar-refractivity contribution is 5.94. The maximum atomic E-state index is 13.0. The number of piperazine rings is 1. The Balaban J connectivity index is 1.48. The minimum atomic E-state index is -4.41. The molecule has 0 bridgehead atoms. The normalized spacial score (nSPS) is 21.1. The van der Waals surface area contributed by atoms with Crippen LogP contribution in [0, 0.1) is 13.8 Å². The molecule has 0 unspecified atom stereocenters. The number of carbonyl (C=O) groups excluding carboxylic acids is 1. The molecular weight excluding hydrogens is 441 g/mol. The number of amides is 1. The summed E-state index contributed by atoms with van der Waals surface area (Å²) in [5.74, 6) is 0.673. The Morgan fingerprint density at radius 3 is 2.50 bits per heavy atom. The topological polar surface area (TPSA) is 32.8 Å². The van der Waals surface area contributed by atoms with E-state index < -0.39 is 11.7 Å². The van der Waals surface area contributed by atoms with Gasteiger partial charge in [0.15, 0.2) is 0 Å². The summed E-state index contributed by atoms with van der Waals surface area (Å²) < 4.78 is 44.4. The van der Waals surface area contributed by atoms with Gasteiger partial charge >= 0.3 is 6.18 Å². The smallest absolute Gasteiger partial charge is 0.416 e. The molecular formula is C27H31F3N2O2. The van der Waals surface area contributed by atoms with E-state index in [0.717, 1.165) is 49.3 Å². The van der Waals surface area contributed by atoms with Crippen LogP contribution in [0.4, 0.5) is 13.2 Å². The molecule has 2 aliphatic heterocycles. The van der Waals surface area contributed by atoms with Gasteiger partial charge in [0.1, 0.15) is 12.4 Å². The average molecular weight is 473 g/mol. The second kappa shape index (κ2) is 9.82. The molecule has 2 aromatic carbocycles. The number of carbonyl (C=O) groups is 1. The van der Waals surface area contributed by atoms with E-state index in [4.69, 9.17) is 4.74 Å². The molecule has 0 aliphatic carbocycles. The Bertz CT molecular complexity index is 1050. The van der Waals surface area contributed by atoms with E-state index in [1.165, 1.54) is 23.3 Å². The minimum absolute atomic E-state index is 0.203. The number of nitrogens with zero attached hydrogens (tertiary/aromatic N) is 2. The van der Waals surface area contributed by atoms with E-state index in [-0.39, 0.29) is 18.0 Å². The molecule has 7 heteroatoms. The number of halogens is 3. The van der Waals surface area contributed by atoms with Crippen LogP contribution in [-0.4, -0.2) is 48.0 Å². The highest BCUT2D eigenvalue weighted by Gasteiger charge is 2.38. The van der Waals surface area contributed by atoms with Gasteiger partial charge in [-0.15, -0.1) is 0 Å². The molecule has 0 N–H and O–H groups in total. The molecule has 2 saturated heterocycles. The van der Waals surface area contributed by atoms with Crippen molar-refractivity contribution in [3.63, 3.8) is 0 Å². The molecule has 1 amide bonds. The second-order valence-electron chi connectivity index (χ2n) is 9.17. The first kappa shape index (κ1) is 24.3. The highest BCUT2D eigenvalue weighted by Crippen LogP contribution is 2.39. The molecule has 182 valence electrons. The summed E-state index contributed by atoms with van der Waals surface area (Å²) in [6.45, 7) is 10.3. The van der Waals surface area contributed by atoms with Gasteiger partial charge in [0.25, 0.3) is 5.91 Å². The molecule has 4 nitrogen and oxygen atoms in total. The summed E-state index contributed by atoms with van der Waals surface area (Å²) in [5.41, 5.74) is 3.23. The molecule has 2 fully saturated rings. The molecule has 0 aromatic heterocycles. The Morgan fingerprint density at radius 1 is 1.09 bits per heavy atom. The molecule has 2 aromatic rings. The maximum Gasteiger partial charge on any atom is 0.416 e. The van der Waals surface area contributed by atoms with Crippen molar-refractivity contribution in [2.75, 3.05) is 26.2 Å².